The summed E-state index contributed by atoms with van der Waals surface area (Å²) in [5.74, 6) is 0. The number of benzene rings is 7. The molecule has 1 nitrogen and oxygen atoms in total. The molecule has 2 heteroatoms. The van der Waals surface area contributed by atoms with Crippen molar-refractivity contribution in [3.05, 3.63) is 174 Å². The van der Waals surface area contributed by atoms with Crippen LogP contribution in [0.2, 0.25) is 0 Å². The molecule has 10 rings (SSSR count). The van der Waals surface area contributed by atoms with Crippen LogP contribution in [-0.4, -0.2) is 4.57 Å². The van der Waals surface area contributed by atoms with Gasteiger partial charge in [0.1, 0.15) is 0 Å². The molecule has 0 saturated carbocycles. The minimum atomic E-state index is -0.390. The first-order valence-electron chi connectivity index (χ1n) is 14.9. The molecule has 1 spiro atoms. The molecule has 0 amide bonds. The van der Waals surface area contributed by atoms with E-state index in [9.17, 15) is 0 Å². The van der Waals surface area contributed by atoms with E-state index in [0.717, 1.165) is 0 Å². The highest BCUT2D eigenvalue weighted by molar-refractivity contribution is 7.99. The van der Waals surface area contributed by atoms with E-state index in [-0.39, 0.29) is 0 Å². The Kier molecular flexibility index (Phi) is 4.65. The van der Waals surface area contributed by atoms with Crippen LogP contribution in [0.15, 0.2) is 161 Å². The lowest BCUT2D eigenvalue weighted by atomic mass is 9.67. The molecule has 0 atom stereocenters. The van der Waals surface area contributed by atoms with Crippen molar-refractivity contribution in [3.63, 3.8) is 0 Å². The van der Waals surface area contributed by atoms with Gasteiger partial charge in [0.05, 0.1) is 16.4 Å². The maximum atomic E-state index is 2.51. The van der Waals surface area contributed by atoms with Crippen LogP contribution >= 0.6 is 11.8 Å². The zero-order valence-electron chi connectivity index (χ0n) is 23.3. The summed E-state index contributed by atoms with van der Waals surface area (Å²) in [4.78, 5) is 2.66. The van der Waals surface area contributed by atoms with E-state index >= 15 is 0 Å². The predicted molar refractivity (Wildman–Crippen MR) is 180 cm³/mol. The number of fused-ring (bicyclic) bond motifs is 15. The van der Waals surface area contributed by atoms with Crippen molar-refractivity contribution in [1.82, 2.24) is 4.57 Å². The highest BCUT2D eigenvalue weighted by Crippen LogP contribution is 2.63. The summed E-state index contributed by atoms with van der Waals surface area (Å²) in [5.41, 5.74) is 11.5. The molecule has 200 valence electrons. The van der Waals surface area contributed by atoms with Gasteiger partial charge in [0.15, 0.2) is 0 Å². The van der Waals surface area contributed by atoms with E-state index in [2.05, 4.69) is 156 Å². The fraction of sp³-hybridized carbons (Fsp3) is 0.0244. The van der Waals surface area contributed by atoms with Crippen LogP contribution in [0.4, 0.5) is 0 Å². The van der Waals surface area contributed by atoms with Crippen LogP contribution in [0.1, 0.15) is 22.3 Å². The first kappa shape index (κ1) is 23.5. The minimum Gasteiger partial charge on any atom is -0.308 e. The third-order valence-corrected chi connectivity index (χ3v) is 10.8. The molecule has 43 heavy (non-hydrogen) atoms. The van der Waals surface area contributed by atoms with E-state index in [4.69, 9.17) is 0 Å². The normalized spacial score (nSPS) is 14.1. The molecular weight excluding hydrogens is 539 g/mol. The maximum Gasteiger partial charge on any atom is 0.0736 e. The summed E-state index contributed by atoms with van der Waals surface area (Å²) in [6.07, 6.45) is 0. The van der Waals surface area contributed by atoms with Gasteiger partial charge in [-0.15, -0.1) is 0 Å². The molecule has 7 aromatic carbocycles. The third-order valence-electron chi connectivity index (χ3n) is 9.65. The van der Waals surface area contributed by atoms with Crippen molar-refractivity contribution in [3.8, 4) is 16.8 Å². The van der Waals surface area contributed by atoms with Gasteiger partial charge in [0.2, 0.25) is 0 Å². The Labute approximate surface area is 254 Å². The Morgan fingerprint density at radius 3 is 1.91 bits per heavy atom. The lowest BCUT2D eigenvalue weighted by Crippen LogP contribution is -2.32. The Balaban J connectivity index is 1.44. The zero-order valence-corrected chi connectivity index (χ0v) is 24.1. The summed E-state index contributed by atoms with van der Waals surface area (Å²) >= 11 is 1.93. The molecule has 1 aliphatic carbocycles. The second-order valence-corrected chi connectivity index (χ2v) is 12.7. The Bertz CT molecular complexity index is 2390. The van der Waals surface area contributed by atoms with E-state index in [0.29, 0.717) is 0 Å². The molecule has 0 saturated heterocycles. The third kappa shape index (κ3) is 2.89. The Morgan fingerprint density at radius 1 is 0.465 bits per heavy atom. The smallest absolute Gasteiger partial charge is 0.0736 e. The van der Waals surface area contributed by atoms with Crippen molar-refractivity contribution in [2.24, 2.45) is 0 Å². The molecule has 2 aliphatic rings. The highest BCUT2D eigenvalue weighted by atomic mass is 32.2. The summed E-state index contributed by atoms with van der Waals surface area (Å²) in [5, 5.41) is 5.19. The van der Waals surface area contributed by atoms with Crippen molar-refractivity contribution < 1.29 is 0 Å². The minimum absolute atomic E-state index is 0.390. The lowest BCUT2D eigenvalue weighted by Gasteiger charge is -2.40. The Hall–Kier alpha value is -5.05. The summed E-state index contributed by atoms with van der Waals surface area (Å²) in [6, 6.07) is 56.3. The van der Waals surface area contributed by atoms with E-state index < -0.39 is 5.41 Å². The molecule has 0 radical (unpaired) electrons. The number of nitrogens with zero attached hydrogens (tertiary/aromatic N) is 1. The fourth-order valence-corrected chi connectivity index (χ4v) is 9.35. The average molecular weight is 564 g/mol. The first-order chi connectivity index (χ1) is 21.4. The quantitative estimate of drug-likeness (QED) is 0.192. The van der Waals surface area contributed by atoms with Crippen LogP contribution in [0, 0.1) is 0 Å². The summed E-state index contributed by atoms with van der Waals surface area (Å²) in [6.45, 7) is 0. The van der Waals surface area contributed by atoms with E-state index in [1.165, 1.54) is 81.4 Å². The largest absolute Gasteiger partial charge is 0.308 e. The maximum absolute atomic E-state index is 2.51. The molecule has 0 unspecified atom stereocenters. The number of aromatic nitrogens is 1. The number of rotatable bonds is 1. The van der Waals surface area contributed by atoms with Gasteiger partial charge in [0.25, 0.3) is 0 Å². The van der Waals surface area contributed by atoms with Crippen LogP contribution in [-0.2, 0) is 5.41 Å². The number of para-hydroxylation sites is 1. The molecule has 0 N–H and O–H groups in total. The number of hydrogen-bond donors (Lipinski definition) is 0. The van der Waals surface area contributed by atoms with Gasteiger partial charge in [0, 0.05) is 26.3 Å². The van der Waals surface area contributed by atoms with Crippen LogP contribution in [0.3, 0.4) is 0 Å². The van der Waals surface area contributed by atoms with Gasteiger partial charge in [-0.1, -0.05) is 139 Å². The second kappa shape index (κ2) is 8.50. The van der Waals surface area contributed by atoms with Gasteiger partial charge in [-0.2, -0.15) is 0 Å². The average Bonchev–Trinajstić information content (AvgIpc) is 3.57. The van der Waals surface area contributed by atoms with Gasteiger partial charge in [-0.3, -0.25) is 0 Å². The van der Waals surface area contributed by atoms with Crippen molar-refractivity contribution in [2.75, 3.05) is 0 Å². The van der Waals surface area contributed by atoms with Gasteiger partial charge in [-0.05, 0) is 68.4 Å². The highest BCUT2D eigenvalue weighted by Gasteiger charge is 2.50. The topological polar surface area (TPSA) is 4.93 Å². The first-order valence-corrected chi connectivity index (χ1v) is 15.7. The molecule has 2 heterocycles. The van der Waals surface area contributed by atoms with Crippen LogP contribution in [0.5, 0.6) is 0 Å². The lowest BCUT2D eigenvalue weighted by molar-refractivity contribution is 0.724. The van der Waals surface area contributed by atoms with Crippen molar-refractivity contribution in [2.45, 2.75) is 15.2 Å². The summed E-state index contributed by atoms with van der Waals surface area (Å²) < 4.78 is 2.51. The standard InChI is InChI=1S/C41H25NS/c1-2-13-27(14-3-1)42-36-25-22-26-12-4-5-15-28(26)38(36)31-23-24-35-40(39(31)42)43-37-21-11-10-20-34(37)41(35)32-18-8-6-16-29(32)30-17-7-9-19-33(30)41/h1-25H. The SMILES string of the molecule is c1ccc(-n2c3ccc4ccccc4c3c3ccc4c(c32)Sc2ccccc2C42c3ccccc3-c3ccccc32)cc1. The van der Waals surface area contributed by atoms with Gasteiger partial charge < -0.3 is 4.57 Å². The van der Waals surface area contributed by atoms with Crippen LogP contribution < -0.4 is 0 Å². The van der Waals surface area contributed by atoms with E-state index in [1.54, 1.807) is 0 Å². The molecule has 8 aromatic rings. The van der Waals surface area contributed by atoms with E-state index in [1.807, 2.05) is 11.8 Å². The fourth-order valence-electron chi connectivity index (χ4n) is 8.02. The van der Waals surface area contributed by atoms with Crippen molar-refractivity contribution in [1.29, 1.82) is 0 Å². The second-order valence-electron chi connectivity index (χ2n) is 11.6. The number of hydrogen-bond acceptors (Lipinski definition) is 1. The predicted octanol–water partition coefficient (Wildman–Crippen LogP) is 10.8. The molecule has 1 aromatic heterocycles. The molecular formula is C41H25NS. The Morgan fingerprint density at radius 2 is 1.12 bits per heavy atom. The monoisotopic (exact) mass is 563 g/mol. The molecule has 1 aliphatic heterocycles. The van der Waals surface area contributed by atoms with Crippen LogP contribution in [0.25, 0.3) is 49.4 Å². The zero-order chi connectivity index (χ0) is 28.1. The van der Waals surface area contributed by atoms with Crippen molar-refractivity contribution >= 4 is 44.3 Å². The molecule has 0 bridgehead atoms. The van der Waals surface area contributed by atoms with Gasteiger partial charge in [-0.25, -0.2) is 0 Å². The molecule has 0 fully saturated rings. The van der Waals surface area contributed by atoms with Gasteiger partial charge >= 0.3 is 0 Å². The summed E-state index contributed by atoms with van der Waals surface area (Å²) in [7, 11) is 0.